The molecule has 1 saturated carbocycles. The zero-order chi connectivity index (χ0) is 19.9. The van der Waals surface area contributed by atoms with E-state index in [2.05, 4.69) is 5.32 Å². The summed E-state index contributed by atoms with van der Waals surface area (Å²) in [5.74, 6) is 1.35. The Bertz CT molecular complexity index is 816. The van der Waals surface area contributed by atoms with Gasteiger partial charge in [-0.15, -0.1) is 0 Å². The minimum Gasteiger partial charge on any atom is -0.497 e. The fraction of sp³-hybridized carbons (Fsp3) is 0.364. The molecule has 1 fully saturated rings. The molecule has 0 aliphatic heterocycles. The van der Waals surface area contributed by atoms with Crippen molar-refractivity contribution in [2.24, 2.45) is 0 Å². The molecule has 1 amide bonds. The molecule has 3 rings (SSSR count). The Hall–Kier alpha value is -2.86. The molecule has 0 heterocycles. The van der Waals surface area contributed by atoms with Gasteiger partial charge in [-0.2, -0.15) is 0 Å². The Labute approximate surface area is 165 Å². The average Bonchev–Trinajstić information content (AvgIpc) is 3.53. The summed E-state index contributed by atoms with van der Waals surface area (Å²) < 4.78 is 5.19. The van der Waals surface area contributed by atoms with E-state index in [1.54, 1.807) is 7.11 Å². The molecular weight excluding hydrogens is 356 g/mol. The van der Waals surface area contributed by atoms with Crippen LogP contribution in [-0.2, 0) is 6.54 Å². The Balaban J connectivity index is 1.70. The van der Waals surface area contributed by atoms with E-state index >= 15 is 0 Å². The van der Waals surface area contributed by atoms with E-state index in [-0.39, 0.29) is 18.9 Å². The van der Waals surface area contributed by atoms with E-state index < -0.39 is 6.09 Å². The highest BCUT2D eigenvalue weighted by molar-refractivity contribution is 5.99. The van der Waals surface area contributed by atoms with E-state index in [1.165, 1.54) is 0 Å². The molecular formula is C22H26N2O4. The molecule has 0 spiro atoms. The summed E-state index contributed by atoms with van der Waals surface area (Å²) in [5.41, 5.74) is 2.97. The molecule has 2 aromatic rings. The van der Waals surface area contributed by atoms with Crippen LogP contribution < -0.4 is 10.1 Å². The highest BCUT2D eigenvalue weighted by Crippen LogP contribution is 2.41. The van der Waals surface area contributed by atoms with Crippen molar-refractivity contribution in [3.63, 3.8) is 0 Å². The molecule has 6 nitrogen and oxygen atoms in total. The first-order valence-corrected chi connectivity index (χ1v) is 9.51. The largest absolute Gasteiger partial charge is 0.497 e. The van der Waals surface area contributed by atoms with Crippen molar-refractivity contribution in [2.75, 3.05) is 26.7 Å². The van der Waals surface area contributed by atoms with Gasteiger partial charge in [0.05, 0.1) is 13.7 Å². The van der Waals surface area contributed by atoms with Crippen molar-refractivity contribution in [3.8, 4) is 5.75 Å². The summed E-state index contributed by atoms with van der Waals surface area (Å²) >= 11 is 0. The second-order valence-corrected chi connectivity index (χ2v) is 7.08. The fourth-order valence-electron chi connectivity index (χ4n) is 3.31. The summed E-state index contributed by atoms with van der Waals surface area (Å²) in [5, 5.41) is 11.2. The predicted molar refractivity (Wildman–Crippen MR) is 107 cm³/mol. The number of ketones is 1. The molecule has 1 aliphatic rings. The topological polar surface area (TPSA) is 78.9 Å². The smallest absolute Gasteiger partial charge is 0.404 e. The zero-order valence-corrected chi connectivity index (χ0v) is 16.1. The number of carbonyl (C=O) groups is 2. The lowest BCUT2D eigenvalue weighted by atomic mass is 9.99. The molecule has 0 bridgehead atoms. The highest BCUT2D eigenvalue weighted by atomic mass is 16.5. The number of rotatable bonds is 10. The van der Waals surface area contributed by atoms with E-state index in [9.17, 15) is 9.59 Å². The summed E-state index contributed by atoms with van der Waals surface area (Å²) in [6, 6.07) is 15.5. The van der Waals surface area contributed by atoms with Crippen LogP contribution in [0.2, 0.25) is 0 Å². The van der Waals surface area contributed by atoms with Crippen molar-refractivity contribution >= 4 is 11.9 Å². The number of hydrogen-bond acceptors (Lipinski definition) is 4. The summed E-state index contributed by atoms with van der Waals surface area (Å²) in [6.07, 6.45) is 1.22. The SMILES string of the molecule is COc1ccc(CN(CCNC(=O)O)CC(=O)c2ccccc2C2CC2)cc1. The van der Waals surface area contributed by atoms with Gasteiger partial charge in [0.15, 0.2) is 5.78 Å². The van der Waals surface area contributed by atoms with Gasteiger partial charge in [0.25, 0.3) is 0 Å². The Morgan fingerprint density at radius 1 is 1.14 bits per heavy atom. The van der Waals surface area contributed by atoms with E-state index in [4.69, 9.17) is 9.84 Å². The van der Waals surface area contributed by atoms with Gasteiger partial charge in [0.2, 0.25) is 0 Å². The van der Waals surface area contributed by atoms with E-state index in [0.29, 0.717) is 19.0 Å². The number of hydrogen-bond donors (Lipinski definition) is 2. The van der Waals surface area contributed by atoms with Gasteiger partial charge in [0.1, 0.15) is 5.75 Å². The van der Waals surface area contributed by atoms with Crippen molar-refractivity contribution < 1.29 is 19.4 Å². The van der Waals surface area contributed by atoms with Crippen LogP contribution in [-0.4, -0.2) is 48.6 Å². The van der Waals surface area contributed by atoms with Gasteiger partial charge < -0.3 is 15.2 Å². The number of benzene rings is 2. The number of amides is 1. The Morgan fingerprint density at radius 2 is 1.86 bits per heavy atom. The third-order valence-corrected chi connectivity index (χ3v) is 4.92. The summed E-state index contributed by atoms with van der Waals surface area (Å²) in [6.45, 7) is 1.53. The van der Waals surface area contributed by atoms with Crippen molar-refractivity contribution in [1.82, 2.24) is 10.2 Å². The molecule has 2 N–H and O–H groups in total. The van der Waals surface area contributed by atoms with Gasteiger partial charge in [-0.3, -0.25) is 9.69 Å². The third kappa shape index (κ3) is 5.57. The standard InChI is InChI=1S/C22H26N2O4/c1-28-18-10-6-16(7-11-18)14-24(13-12-23-22(26)27)15-21(25)20-5-3-2-4-19(20)17-8-9-17/h2-7,10-11,17,23H,8-9,12-15H2,1H3,(H,26,27). The van der Waals surface area contributed by atoms with Crippen LogP contribution in [0.3, 0.4) is 0 Å². The molecule has 1 aliphatic carbocycles. The van der Waals surface area contributed by atoms with E-state index in [0.717, 1.165) is 35.3 Å². The minimum atomic E-state index is -1.06. The number of carbonyl (C=O) groups excluding carboxylic acids is 1. The van der Waals surface area contributed by atoms with Crippen LogP contribution in [0, 0.1) is 0 Å². The predicted octanol–water partition coefficient (Wildman–Crippen LogP) is 3.53. The number of nitrogens with zero attached hydrogens (tertiary/aromatic N) is 1. The molecule has 0 aromatic heterocycles. The average molecular weight is 382 g/mol. The van der Waals surface area contributed by atoms with Crippen LogP contribution >= 0.6 is 0 Å². The number of nitrogens with one attached hydrogen (secondary N) is 1. The fourth-order valence-corrected chi connectivity index (χ4v) is 3.31. The number of methoxy groups -OCH3 is 1. The quantitative estimate of drug-likeness (QED) is 0.615. The van der Waals surface area contributed by atoms with Crippen molar-refractivity contribution in [1.29, 1.82) is 0 Å². The minimum absolute atomic E-state index is 0.0753. The van der Waals surface area contributed by atoms with Crippen LogP contribution in [0.4, 0.5) is 4.79 Å². The van der Waals surface area contributed by atoms with Crippen LogP contribution in [0.5, 0.6) is 5.75 Å². The van der Waals surface area contributed by atoms with Crippen molar-refractivity contribution in [3.05, 3.63) is 65.2 Å². The van der Waals surface area contributed by atoms with Crippen LogP contribution in [0.1, 0.15) is 40.2 Å². The molecule has 148 valence electrons. The summed E-state index contributed by atoms with van der Waals surface area (Å²) in [7, 11) is 1.62. The van der Waals surface area contributed by atoms with Crippen LogP contribution in [0.25, 0.3) is 0 Å². The molecule has 28 heavy (non-hydrogen) atoms. The second kappa shape index (κ2) is 9.37. The Kier molecular flexibility index (Phi) is 6.66. The molecule has 0 atom stereocenters. The maximum absolute atomic E-state index is 13.0. The molecule has 2 aromatic carbocycles. The van der Waals surface area contributed by atoms with Gasteiger partial charge in [-0.25, -0.2) is 4.79 Å². The van der Waals surface area contributed by atoms with Crippen molar-refractivity contribution in [2.45, 2.75) is 25.3 Å². The maximum Gasteiger partial charge on any atom is 0.404 e. The Morgan fingerprint density at radius 3 is 2.50 bits per heavy atom. The normalized spacial score (nSPS) is 13.4. The first kappa shape index (κ1) is 19.9. The first-order valence-electron chi connectivity index (χ1n) is 9.51. The van der Waals surface area contributed by atoms with Gasteiger partial charge >= 0.3 is 6.09 Å². The number of Topliss-reactive ketones (excluding diaryl/α,β-unsaturated/α-hetero) is 1. The second-order valence-electron chi connectivity index (χ2n) is 7.08. The lowest BCUT2D eigenvalue weighted by molar-refractivity contribution is 0.0925. The highest BCUT2D eigenvalue weighted by Gasteiger charge is 2.28. The molecule has 0 unspecified atom stereocenters. The monoisotopic (exact) mass is 382 g/mol. The molecule has 0 saturated heterocycles. The zero-order valence-electron chi connectivity index (χ0n) is 16.1. The van der Waals surface area contributed by atoms with Gasteiger partial charge in [0, 0.05) is 25.2 Å². The van der Waals surface area contributed by atoms with E-state index in [1.807, 2.05) is 53.4 Å². The number of carboxylic acid groups (broad SMARTS) is 1. The number of ether oxygens (including phenoxy) is 1. The maximum atomic E-state index is 13.0. The lowest BCUT2D eigenvalue weighted by Gasteiger charge is -2.22. The lowest BCUT2D eigenvalue weighted by Crippen LogP contribution is -2.37. The third-order valence-electron chi connectivity index (χ3n) is 4.92. The van der Waals surface area contributed by atoms with Crippen LogP contribution in [0.15, 0.2) is 48.5 Å². The molecule has 6 heteroatoms. The summed E-state index contributed by atoms with van der Waals surface area (Å²) in [4.78, 5) is 25.7. The van der Waals surface area contributed by atoms with Gasteiger partial charge in [-0.1, -0.05) is 36.4 Å². The van der Waals surface area contributed by atoms with Gasteiger partial charge in [-0.05, 0) is 42.0 Å². The first-order chi connectivity index (χ1) is 13.6. The molecule has 0 radical (unpaired) electrons.